The van der Waals surface area contributed by atoms with Crippen molar-refractivity contribution in [1.29, 1.82) is 0 Å². The van der Waals surface area contributed by atoms with Crippen LogP contribution < -0.4 is 10.4 Å². The molecule has 1 rings (SSSR count). The van der Waals surface area contributed by atoms with Gasteiger partial charge < -0.3 is 0 Å². The van der Waals surface area contributed by atoms with E-state index in [1.54, 1.807) is 0 Å². The first-order valence-corrected chi connectivity index (χ1v) is 4.33. The number of amidine groups is 1. The SMILES string of the molecule is CN(C)NC1=[NH+]CCCCC1. The Morgan fingerprint density at radius 1 is 1.27 bits per heavy atom. The fraction of sp³-hybridized carbons (Fsp3) is 0.875. The maximum Gasteiger partial charge on any atom is 0.260 e. The summed E-state index contributed by atoms with van der Waals surface area (Å²) in [5, 5.41) is 1.98. The quantitative estimate of drug-likeness (QED) is 0.482. The summed E-state index contributed by atoms with van der Waals surface area (Å²) in [4.78, 5) is 3.38. The lowest BCUT2D eigenvalue weighted by Gasteiger charge is -2.06. The van der Waals surface area contributed by atoms with Crippen molar-refractivity contribution in [2.24, 2.45) is 0 Å². The highest BCUT2D eigenvalue weighted by Crippen LogP contribution is 1.98. The van der Waals surface area contributed by atoms with E-state index in [4.69, 9.17) is 0 Å². The van der Waals surface area contributed by atoms with E-state index in [2.05, 4.69) is 10.4 Å². The molecule has 0 spiro atoms. The van der Waals surface area contributed by atoms with Gasteiger partial charge in [-0.05, 0) is 19.3 Å². The van der Waals surface area contributed by atoms with Crippen molar-refractivity contribution in [1.82, 2.24) is 10.4 Å². The first-order valence-electron chi connectivity index (χ1n) is 4.33. The van der Waals surface area contributed by atoms with Gasteiger partial charge in [-0.25, -0.2) is 0 Å². The molecule has 64 valence electrons. The van der Waals surface area contributed by atoms with Crippen LogP contribution in [0.25, 0.3) is 0 Å². The van der Waals surface area contributed by atoms with E-state index >= 15 is 0 Å². The minimum Gasteiger partial charge on any atom is -0.277 e. The fourth-order valence-corrected chi connectivity index (χ4v) is 1.30. The lowest BCUT2D eigenvalue weighted by atomic mass is 10.2. The van der Waals surface area contributed by atoms with Crippen molar-refractivity contribution in [3.8, 4) is 0 Å². The summed E-state index contributed by atoms with van der Waals surface area (Å²) < 4.78 is 0. The third-order valence-corrected chi connectivity index (χ3v) is 1.80. The maximum absolute atomic E-state index is 3.38. The van der Waals surface area contributed by atoms with Crippen molar-refractivity contribution >= 4 is 5.84 Å². The molecule has 0 fully saturated rings. The Bertz CT molecular complexity index is 140. The molecule has 3 nitrogen and oxygen atoms in total. The van der Waals surface area contributed by atoms with Crippen LogP contribution in [0.3, 0.4) is 0 Å². The molecular formula is C8H18N3+. The summed E-state index contributed by atoms with van der Waals surface area (Å²) in [5.74, 6) is 1.27. The van der Waals surface area contributed by atoms with Crippen LogP contribution >= 0.6 is 0 Å². The minimum absolute atomic E-state index is 1.12. The Morgan fingerprint density at radius 3 is 2.82 bits per heavy atom. The number of hydrazine groups is 1. The highest BCUT2D eigenvalue weighted by Gasteiger charge is 2.09. The Kier molecular flexibility index (Phi) is 3.36. The van der Waals surface area contributed by atoms with Crippen molar-refractivity contribution in [3.05, 3.63) is 0 Å². The normalized spacial score (nSPS) is 19.4. The van der Waals surface area contributed by atoms with Gasteiger partial charge in [-0.15, -0.1) is 0 Å². The van der Waals surface area contributed by atoms with Gasteiger partial charge >= 0.3 is 0 Å². The molecule has 0 aromatic heterocycles. The van der Waals surface area contributed by atoms with Crippen LogP contribution in [0.4, 0.5) is 0 Å². The van der Waals surface area contributed by atoms with E-state index in [0.29, 0.717) is 0 Å². The van der Waals surface area contributed by atoms with Gasteiger partial charge in [-0.2, -0.15) is 10.4 Å². The number of hydrogen-bond acceptors (Lipinski definition) is 2. The van der Waals surface area contributed by atoms with E-state index in [-0.39, 0.29) is 0 Å². The monoisotopic (exact) mass is 156 g/mol. The van der Waals surface area contributed by atoms with Gasteiger partial charge in [0.15, 0.2) is 0 Å². The summed E-state index contributed by atoms with van der Waals surface area (Å²) in [7, 11) is 4.03. The Balaban J connectivity index is 2.34. The summed E-state index contributed by atoms with van der Waals surface area (Å²) in [6.07, 6.45) is 5.13. The molecule has 0 aromatic carbocycles. The van der Waals surface area contributed by atoms with Gasteiger partial charge in [0.1, 0.15) is 0 Å². The molecule has 0 radical (unpaired) electrons. The Hall–Kier alpha value is -0.570. The minimum atomic E-state index is 1.12. The molecule has 1 aliphatic rings. The van der Waals surface area contributed by atoms with Crippen LogP contribution in [0.2, 0.25) is 0 Å². The van der Waals surface area contributed by atoms with E-state index in [9.17, 15) is 0 Å². The molecule has 0 saturated heterocycles. The van der Waals surface area contributed by atoms with E-state index in [1.807, 2.05) is 19.1 Å². The lowest BCUT2D eigenvalue weighted by Crippen LogP contribution is -2.76. The van der Waals surface area contributed by atoms with E-state index < -0.39 is 0 Å². The summed E-state index contributed by atoms with van der Waals surface area (Å²) >= 11 is 0. The molecule has 0 aliphatic carbocycles. The Labute approximate surface area is 68.5 Å². The van der Waals surface area contributed by atoms with Crippen LogP contribution in [0.5, 0.6) is 0 Å². The summed E-state index contributed by atoms with van der Waals surface area (Å²) in [5.41, 5.74) is 3.26. The van der Waals surface area contributed by atoms with Gasteiger partial charge in [0.05, 0.1) is 6.54 Å². The number of rotatable bonds is 1. The molecule has 1 heterocycles. The van der Waals surface area contributed by atoms with Crippen LogP contribution in [0, 0.1) is 0 Å². The van der Waals surface area contributed by atoms with Crippen LogP contribution in [-0.2, 0) is 0 Å². The van der Waals surface area contributed by atoms with Crippen molar-refractivity contribution in [2.45, 2.75) is 25.7 Å². The van der Waals surface area contributed by atoms with E-state index in [1.165, 1.54) is 25.1 Å². The molecule has 11 heavy (non-hydrogen) atoms. The zero-order valence-electron chi connectivity index (χ0n) is 7.48. The molecular weight excluding hydrogens is 138 g/mol. The Morgan fingerprint density at radius 2 is 2.09 bits per heavy atom. The van der Waals surface area contributed by atoms with Crippen LogP contribution in [0.15, 0.2) is 0 Å². The van der Waals surface area contributed by atoms with Gasteiger partial charge in [-0.3, -0.25) is 4.99 Å². The highest BCUT2D eigenvalue weighted by molar-refractivity contribution is 5.75. The van der Waals surface area contributed by atoms with Crippen LogP contribution in [-0.4, -0.2) is 31.5 Å². The lowest BCUT2D eigenvalue weighted by molar-refractivity contribution is -0.460. The molecule has 0 amide bonds. The predicted molar refractivity (Wildman–Crippen MR) is 46.1 cm³/mol. The topological polar surface area (TPSA) is 29.2 Å². The predicted octanol–water partition coefficient (Wildman–Crippen LogP) is -0.894. The molecule has 0 atom stereocenters. The number of nitrogens with zero attached hydrogens (tertiary/aromatic N) is 1. The molecule has 0 unspecified atom stereocenters. The molecule has 0 aromatic rings. The highest BCUT2D eigenvalue weighted by atomic mass is 15.5. The second kappa shape index (κ2) is 4.34. The second-order valence-corrected chi connectivity index (χ2v) is 3.22. The first kappa shape index (κ1) is 8.53. The van der Waals surface area contributed by atoms with E-state index in [0.717, 1.165) is 13.0 Å². The maximum atomic E-state index is 3.38. The standard InChI is InChI=1S/C8H17N3/c1-11(2)10-8-6-4-3-5-7-9-8/h3-7H2,1-2H3,(H,9,10)/p+1. The van der Waals surface area contributed by atoms with Gasteiger partial charge in [0.25, 0.3) is 5.84 Å². The zero-order valence-corrected chi connectivity index (χ0v) is 7.48. The molecule has 0 saturated carbocycles. The zero-order chi connectivity index (χ0) is 8.10. The number of hydrogen-bond donors (Lipinski definition) is 2. The molecule has 3 heteroatoms. The third-order valence-electron chi connectivity index (χ3n) is 1.80. The van der Waals surface area contributed by atoms with Crippen molar-refractivity contribution in [2.75, 3.05) is 20.6 Å². The first-order chi connectivity index (χ1) is 5.29. The summed E-state index contributed by atoms with van der Waals surface area (Å²) in [6, 6.07) is 0. The van der Waals surface area contributed by atoms with Gasteiger partial charge in [0, 0.05) is 20.5 Å². The average Bonchev–Trinajstić information content (AvgIpc) is 2.14. The molecule has 0 bridgehead atoms. The fourth-order valence-electron chi connectivity index (χ4n) is 1.30. The van der Waals surface area contributed by atoms with Gasteiger partial charge in [-0.1, -0.05) is 0 Å². The summed E-state index contributed by atoms with van der Waals surface area (Å²) in [6.45, 7) is 1.12. The molecule has 1 aliphatic heterocycles. The third kappa shape index (κ3) is 3.37. The number of nitrogens with one attached hydrogen (secondary N) is 2. The van der Waals surface area contributed by atoms with Gasteiger partial charge in [0.2, 0.25) is 0 Å². The van der Waals surface area contributed by atoms with Crippen molar-refractivity contribution in [3.63, 3.8) is 0 Å². The smallest absolute Gasteiger partial charge is 0.260 e. The second-order valence-electron chi connectivity index (χ2n) is 3.22. The van der Waals surface area contributed by atoms with Crippen LogP contribution in [0.1, 0.15) is 25.7 Å². The van der Waals surface area contributed by atoms with Crippen molar-refractivity contribution < 1.29 is 4.99 Å². The largest absolute Gasteiger partial charge is 0.277 e. The average molecular weight is 156 g/mol. The molecule has 2 N–H and O–H groups in total.